The van der Waals surface area contributed by atoms with E-state index in [0.29, 0.717) is 6.54 Å². The van der Waals surface area contributed by atoms with Crippen LogP contribution >= 0.6 is 0 Å². The molecule has 1 heterocycles. The Hall–Kier alpha value is -1.25. The Labute approximate surface area is 129 Å². The molecule has 0 fully saturated rings. The van der Waals surface area contributed by atoms with Gasteiger partial charge in [-0.2, -0.15) is 0 Å². The lowest BCUT2D eigenvalue weighted by Gasteiger charge is -2.50. The molecular formula is C18H29NO2. The molecule has 0 unspecified atom stereocenters. The Bertz CT molecular complexity index is 508. The van der Waals surface area contributed by atoms with E-state index in [1.165, 1.54) is 11.1 Å². The van der Waals surface area contributed by atoms with Crippen LogP contribution < -0.4 is 0 Å². The molecule has 2 rings (SSSR count). The maximum atomic E-state index is 12.3. The molecule has 1 amide bonds. The van der Waals surface area contributed by atoms with E-state index >= 15 is 0 Å². The molecule has 1 aliphatic heterocycles. The summed E-state index contributed by atoms with van der Waals surface area (Å²) in [7, 11) is 0. The van der Waals surface area contributed by atoms with Crippen molar-refractivity contribution < 1.29 is 9.53 Å². The van der Waals surface area contributed by atoms with Crippen LogP contribution in [-0.4, -0.2) is 29.7 Å². The fourth-order valence-corrected chi connectivity index (χ4v) is 3.51. The molecular weight excluding hydrogens is 262 g/mol. The predicted molar refractivity (Wildman–Crippen MR) is 86.2 cm³/mol. The van der Waals surface area contributed by atoms with Gasteiger partial charge in [-0.25, -0.2) is 4.79 Å². The molecule has 0 aromatic rings. The predicted octanol–water partition coefficient (Wildman–Crippen LogP) is 4.55. The highest BCUT2D eigenvalue weighted by atomic mass is 16.6. The SMILES string of the molecule is CC1=CC[C@]2(C)CN(C(=O)OC(C)(C)C)CC=C2C1(C)C. The van der Waals surface area contributed by atoms with E-state index in [1.807, 2.05) is 25.7 Å². The van der Waals surface area contributed by atoms with Gasteiger partial charge in [-0.15, -0.1) is 0 Å². The van der Waals surface area contributed by atoms with Crippen molar-refractivity contribution in [3.63, 3.8) is 0 Å². The average molecular weight is 291 g/mol. The van der Waals surface area contributed by atoms with Crippen molar-refractivity contribution in [2.45, 2.75) is 60.5 Å². The van der Waals surface area contributed by atoms with Crippen LogP contribution in [-0.2, 0) is 4.74 Å². The minimum absolute atomic E-state index is 0.0260. The molecule has 1 atom stereocenters. The summed E-state index contributed by atoms with van der Waals surface area (Å²) in [6.07, 6.45) is 5.36. The number of nitrogens with zero attached hydrogens (tertiary/aromatic N) is 1. The summed E-state index contributed by atoms with van der Waals surface area (Å²) in [5.74, 6) is 0. The number of carbonyl (C=O) groups excluding carboxylic acids is 1. The van der Waals surface area contributed by atoms with Crippen LogP contribution in [0.1, 0.15) is 54.9 Å². The van der Waals surface area contributed by atoms with Gasteiger partial charge >= 0.3 is 6.09 Å². The second-order valence-corrected chi connectivity index (χ2v) is 8.26. The second kappa shape index (κ2) is 4.89. The Morgan fingerprint density at radius 2 is 1.86 bits per heavy atom. The van der Waals surface area contributed by atoms with Crippen LogP contribution in [0.5, 0.6) is 0 Å². The van der Waals surface area contributed by atoms with Crippen molar-refractivity contribution in [3.05, 3.63) is 23.3 Å². The highest BCUT2D eigenvalue weighted by Crippen LogP contribution is 2.52. The van der Waals surface area contributed by atoms with E-state index in [1.54, 1.807) is 0 Å². The molecule has 3 nitrogen and oxygen atoms in total. The van der Waals surface area contributed by atoms with Crippen LogP contribution in [0.2, 0.25) is 0 Å². The van der Waals surface area contributed by atoms with Crippen LogP contribution in [0.15, 0.2) is 23.3 Å². The normalized spacial score (nSPS) is 28.4. The fourth-order valence-electron chi connectivity index (χ4n) is 3.51. The number of fused-ring (bicyclic) bond motifs is 1. The number of rotatable bonds is 0. The highest BCUT2D eigenvalue weighted by Gasteiger charge is 2.45. The molecule has 0 saturated heterocycles. The monoisotopic (exact) mass is 291 g/mol. The lowest BCUT2D eigenvalue weighted by atomic mass is 9.59. The molecule has 0 bridgehead atoms. The lowest BCUT2D eigenvalue weighted by molar-refractivity contribution is 0.0178. The molecule has 1 aliphatic carbocycles. The molecule has 2 aliphatic rings. The van der Waals surface area contributed by atoms with Crippen molar-refractivity contribution in [2.75, 3.05) is 13.1 Å². The molecule has 21 heavy (non-hydrogen) atoms. The van der Waals surface area contributed by atoms with E-state index < -0.39 is 5.60 Å². The molecule has 118 valence electrons. The molecule has 0 radical (unpaired) electrons. The first kappa shape index (κ1) is 16.1. The number of hydrogen-bond donors (Lipinski definition) is 0. The van der Waals surface area contributed by atoms with Gasteiger partial charge in [0.15, 0.2) is 0 Å². The summed E-state index contributed by atoms with van der Waals surface area (Å²) < 4.78 is 5.52. The number of hydrogen-bond acceptors (Lipinski definition) is 2. The van der Waals surface area contributed by atoms with Crippen LogP contribution in [0, 0.1) is 10.8 Å². The Morgan fingerprint density at radius 3 is 2.43 bits per heavy atom. The quantitative estimate of drug-likeness (QED) is 0.613. The third-order valence-electron chi connectivity index (χ3n) is 4.88. The molecule has 0 spiro atoms. The summed E-state index contributed by atoms with van der Waals surface area (Å²) in [4.78, 5) is 14.1. The largest absolute Gasteiger partial charge is 0.444 e. The summed E-state index contributed by atoms with van der Waals surface area (Å²) >= 11 is 0. The first-order chi connectivity index (χ1) is 9.46. The third kappa shape index (κ3) is 3.02. The lowest BCUT2D eigenvalue weighted by Crippen LogP contribution is -2.49. The minimum atomic E-state index is -0.440. The molecule has 0 aromatic carbocycles. The number of amides is 1. The Morgan fingerprint density at radius 1 is 1.24 bits per heavy atom. The zero-order valence-electron chi connectivity index (χ0n) is 14.5. The summed E-state index contributed by atoms with van der Waals surface area (Å²) in [5, 5.41) is 0. The van der Waals surface area contributed by atoms with Crippen LogP contribution in [0.4, 0.5) is 4.79 Å². The van der Waals surface area contributed by atoms with Gasteiger partial charge in [-0.1, -0.05) is 44.1 Å². The maximum absolute atomic E-state index is 12.3. The Kier molecular flexibility index (Phi) is 3.76. The number of allylic oxidation sites excluding steroid dienone is 2. The van der Waals surface area contributed by atoms with Crippen molar-refractivity contribution in [3.8, 4) is 0 Å². The van der Waals surface area contributed by atoms with Gasteiger partial charge in [-0.05, 0) is 34.1 Å². The number of ether oxygens (including phenoxy) is 1. The van der Waals surface area contributed by atoms with Crippen molar-refractivity contribution in [2.24, 2.45) is 10.8 Å². The number of carbonyl (C=O) groups is 1. The summed E-state index contributed by atoms with van der Waals surface area (Å²) in [6, 6.07) is 0. The van der Waals surface area contributed by atoms with E-state index in [9.17, 15) is 4.79 Å². The maximum Gasteiger partial charge on any atom is 0.410 e. The first-order valence-corrected chi connectivity index (χ1v) is 7.82. The van der Waals surface area contributed by atoms with E-state index in [0.717, 1.165) is 13.0 Å². The fraction of sp³-hybridized carbons (Fsp3) is 0.722. The van der Waals surface area contributed by atoms with Crippen molar-refractivity contribution in [1.29, 1.82) is 0 Å². The molecule has 0 N–H and O–H groups in total. The summed E-state index contributed by atoms with van der Waals surface area (Å²) in [5.41, 5.74) is 2.57. The standard InChI is InChI=1S/C18H29NO2/c1-13-8-10-18(7)12-19(15(20)21-16(2,3)4)11-9-14(18)17(13,5)6/h8-9H,10-12H2,1-7H3/t18-/m1/s1. The van der Waals surface area contributed by atoms with E-state index in [-0.39, 0.29) is 16.9 Å². The van der Waals surface area contributed by atoms with Crippen LogP contribution in [0.25, 0.3) is 0 Å². The second-order valence-electron chi connectivity index (χ2n) is 8.26. The summed E-state index contributed by atoms with van der Waals surface area (Å²) in [6.45, 7) is 16.2. The zero-order valence-corrected chi connectivity index (χ0v) is 14.5. The van der Waals surface area contributed by atoms with Gasteiger partial charge in [0.2, 0.25) is 0 Å². The highest BCUT2D eigenvalue weighted by molar-refractivity contribution is 5.69. The first-order valence-electron chi connectivity index (χ1n) is 7.82. The smallest absolute Gasteiger partial charge is 0.410 e. The van der Waals surface area contributed by atoms with Crippen molar-refractivity contribution >= 4 is 6.09 Å². The van der Waals surface area contributed by atoms with Gasteiger partial charge in [0.05, 0.1) is 0 Å². The van der Waals surface area contributed by atoms with Gasteiger partial charge in [0, 0.05) is 23.9 Å². The molecule has 0 saturated carbocycles. The topological polar surface area (TPSA) is 29.5 Å². The van der Waals surface area contributed by atoms with Gasteiger partial charge in [0.1, 0.15) is 5.60 Å². The third-order valence-corrected chi connectivity index (χ3v) is 4.88. The zero-order chi connectivity index (χ0) is 16.1. The van der Waals surface area contributed by atoms with E-state index in [4.69, 9.17) is 4.74 Å². The minimum Gasteiger partial charge on any atom is -0.444 e. The van der Waals surface area contributed by atoms with E-state index in [2.05, 4.69) is 39.8 Å². The van der Waals surface area contributed by atoms with Crippen LogP contribution in [0.3, 0.4) is 0 Å². The van der Waals surface area contributed by atoms with Gasteiger partial charge in [-0.3, -0.25) is 0 Å². The Balaban J connectivity index is 2.23. The molecule has 3 heteroatoms. The average Bonchev–Trinajstić information content (AvgIpc) is 2.32. The molecule has 0 aromatic heterocycles. The van der Waals surface area contributed by atoms with Crippen molar-refractivity contribution in [1.82, 2.24) is 4.90 Å². The van der Waals surface area contributed by atoms with Gasteiger partial charge in [0.25, 0.3) is 0 Å². The van der Waals surface area contributed by atoms with Gasteiger partial charge < -0.3 is 9.64 Å².